The molecule has 0 radical (unpaired) electrons. The molecule has 8 nitrogen and oxygen atoms in total. The molecule has 1 fully saturated rings. The Morgan fingerprint density at radius 3 is 2.09 bits per heavy atom. The monoisotopic (exact) mass is 487 g/mol. The first-order valence-corrected chi connectivity index (χ1v) is 11.9. The second-order valence-electron chi connectivity index (χ2n) is 6.94. The van der Waals surface area contributed by atoms with Crippen molar-refractivity contribution in [1.29, 1.82) is 0 Å². The van der Waals surface area contributed by atoms with E-state index in [0.29, 0.717) is 34.3 Å². The summed E-state index contributed by atoms with van der Waals surface area (Å²) in [6, 6.07) is 8.80. The SMILES string of the molecule is COc1cc(C(=C2SCCS2)c2nccc3cc(OC)c(OC)cc23)c(N([O-])O)cc1OC. The first-order valence-electron chi connectivity index (χ1n) is 9.95. The van der Waals surface area contributed by atoms with E-state index in [0.717, 1.165) is 32.1 Å². The Morgan fingerprint density at radius 1 is 0.909 bits per heavy atom. The van der Waals surface area contributed by atoms with E-state index in [4.69, 9.17) is 23.9 Å². The summed E-state index contributed by atoms with van der Waals surface area (Å²) in [5.41, 5.74) is 1.89. The van der Waals surface area contributed by atoms with Crippen molar-refractivity contribution in [2.24, 2.45) is 0 Å². The zero-order valence-corrected chi connectivity index (χ0v) is 20.2. The fraction of sp³-hybridized carbons (Fsp3) is 0.261. The number of pyridine rings is 1. The predicted octanol–water partition coefficient (Wildman–Crippen LogP) is 5.16. The smallest absolute Gasteiger partial charge is 0.162 e. The summed E-state index contributed by atoms with van der Waals surface area (Å²) in [6.45, 7) is 0. The second-order valence-corrected chi connectivity index (χ2v) is 9.41. The van der Waals surface area contributed by atoms with E-state index in [1.807, 2.05) is 18.2 Å². The van der Waals surface area contributed by atoms with Gasteiger partial charge in [0, 0.05) is 40.3 Å². The van der Waals surface area contributed by atoms with Crippen molar-refractivity contribution in [3.05, 3.63) is 57.2 Å². The maximum atomic E-state index is 12.2. The number of rotatable bonds is 7. The number of benzene rings is 2. The van der Waals surface area contributed by atoms with E-state index in [9.17, 15) is 10.4 Å². The molecule has 4 rings (SSSR count). The number of hydrogen-bond acceptors (Lipinski definition) is 10. The number of ether oxygens (including phenoxy) is 4. The number of thioether (sulfide) groups is 2. The quantitative estimate of drug-likeness (QED) is 0.450. The van der Waals surface area contributed by atoms with Gasteiger partial charge in [-0.25, -0.2) is 0 Å². The van der Waals surface area contributed by atoms with Crippen LogP contribution in [0.1, 0.15) is 11.3 Å². The van der Waals surface area contributed by atoms with E-state index < -0.39 is 0 Å². The Morgan fingerprint density at radius 2 is 1.48 bits per heavy atom. The van der Waals surface area contributed by atoms with E-state index in [1.54, 1.807) is 50.0 Å². The molecule has 33 heavy (non-hydrogen) atoms. The van der Waals surface area contributed by atoms with E-state index >= 15 is 0 Å². The van der Waals surface area contributed by atoms with Gasteiger partial charge in [-0.05, 0) is 29.7 Å². The zero-order valence-electron chi connectivity index (χ0n) is 18.6. The van der Waals surface area contributed by atoms with Gasteiger partial charge in [0.25, 0.3) is 0 Å². The molecule has 0 atom stereocenters. The Kier molecular flexibility index (Phi) is 7.08. The van der Waals surface area contributed by atoms with Crippen molar-refractivity contribution in [3.8, 4) is 23.0 Å². The molecule has 10 heteroatoms. The van der Waals surface area contributed by atoms with Crippen LogP contribution in [0.4, 0.5) is 5.69 Å². The van der Waals surface area contributed by atoms with Gasteiger partial charge in [-0.1, -0.05) is 0 Å². The van der Waals surface area contributed by atoms with E-state index in [2.05, 4.69) is 0 Å². The van der Waals surface area contributed by atoms with Crippen LogP contribution in [-0.2, 0) is 0 Å². The molecule has 1 aliphatic heterocycles. The van der Waals surface area contributed by atoms with Crippen LogP contribution in [0.25, 0.3) is 16.3 Å². The molecule has 2 heterocycles. The summed E-state index contributed by atoms with van der Waals surface area (Å²) < 4.78 is 22.8. The predicted molar refractivity (Wildman–Crippen MR) is 133 cm³/mol. The molecule has 2 aromatic carbocycles. The van der Waals surface area contributed by atoms with E-state index in [-0.39, 0.29) is 10.9 Å². The third-order valence-corrected chi connectivity index (χ3v) is 7.95. The van der Waals surface area contributed by atoms with Crippen LogP contribution in [0.15, 0.2) is 40.8 Å². The average molecular weight is 488 g/mol. The van der Waals surface area contributed by atoms with Crippen molar-refractivity contribution >= 4 is 45.6 Å². The fourth-order valence-electron chi connectivity index (χ4n) is 3.71. The summed E-state index contributed by atoms with van der Waals surface area (Å²) in [7, 11) is 6.16. The zero-order chi connectivity index (χ0) is 23.5. The molecular weight excluding hydrogens is 464 g/mol. The van der Waals surface area contributed by atoms with Crippen LogP contribution in [0.2, 0.25) is 0 Å². The van der Waals surface area contributed by atoms with Crippen LogP contribution < -0.4 is 24.2 Å². The summed E-state index contributed by atoms with van der Waals surface area (Å²) in [5, 5.41) is 23.8. The highest BCUT2D eigenvalue weighted by atomic mass is 32.2. The van der Waals surface area contributed by atoms with Gasteiger partial charge < -0.3 is 29.4 Å². The minimum atomic E-state index is -0.156. The maximum absolute atomic E-state index is 12.2. The number of nitrogens with zero attached hydrogens (tertiary/aromatic N) is 2. The Balaban J connectivity index is 2.07. The standard InChI is InChI=1S/C23H23N2O6S2/c1-28-17-9-13-5-6-24-22(14(13)10-18(17)29-2)21(23-32-7-8-33-23)15-11-19(30-3)20(31-4)12-16(15)25(26)27/h5-6,9-12,26H,7-8H2,1-4H3/q-1. The molecule has 1 saturated heterocycles. The van der Waals surface area contributed by atoms with Gasteiger partial charge in [-0.15, -0.1) is 23.5 Å². The largest absolute Gasteiger partial charge is 0.733 e. The summed E-state index contributed by atoms with van der Waals surface area (Å²) >= 11 is 3.37. The molecule has 0 aliphatic carbocycles. The van der Waals surface area contributed by atoms with Gasteiger partial charge in [-0.2, -0.15) is 0 Å². The molecule has 0 spiro atoms. The van der Waals surface area contributed by atoms with Crippen LogP contribution in [0.3, 0.4) is 0 Å². The van der Waals surface area contributed by atoms with Crippen LogP contribution in [0, 0.1) is 5.21 Å². The fourth-order valence-corrected chi connectivity index (χ4v) is 6.29. The van der Waals surface area contributed by atoms with Crippen LogP contribution in [0.5, 0.6) is 23.0 Å². The van der Waals surface area contributed by atoms with Crippen molar-refractivity contribution in [3.63, 3.8) is 0 Å². The second kappa shape index (κ2) is 10.0. The number of hydrogen-bond donors (Lipinski definition) is 1. The highest BCUT2D eigenvalue weighted by Crippen LogP contribution is 2.49. The lowest BCUT2D eigenvalue weighted by molar-refractivity contribution is 0.295. The minimum absolute atomic E-state index is 0.0301. The van der Waals surface area contributed by atoms with Gasteiger partial charge in [-0.3, -0.25) is 10.2 Å². The van der Waals surface area contributed by atoms with Crippen molar-refractivity contribution in [1.82, 2.24) is 4.98 Å². The van der Waals surface area contributed by atoms with Gasteiger partial charge in [0.05, 0.1) is 44.1 Å². The molecule has 0 amide bonds. The minimum Gasteiger partial charge on any atom is -0.733 e. The first-order chi connectivity index (χ1) is 16.0. The Hall–Kier alpha value is -2.79. The van der Waals surface area contributed by atoms with Crippen molar-refractivity contribution in [2.45, 2.75) is 0 Å². The van der Waals surface area contributed by atoms with Crippen molar-refractivity contribution in [2.75, 3.05) is 45.2 Å². The molecular formula is C23H23N2O6S2-. The summed E-state index contributed by atoms with van der Waals surface area (Å²) in [5.74, 6) is 3.79. The molecule has 1 aromatic heterocycles. The third kappa shape index (κ3) is 4.39. The van der Waals surface area contributed by atoms with Gasteiger partial charge in [0.1, 0.15) is 0 Å². The molecule has 0 bridgehead atoms. The molecule has 1 aliphatic rings. The lowest BCUT2D eigenvalue weighted by Crippen LogP contribution is -2.11. The average Bonchev–Trinajstić information content (AvgIpc) is 3.37. The highest BCUT2D eigenvalue weighted by molar-refractivity contribution is 8.25. The molecule has 0 unspecified atom stereocenters. The van der Waals surface area contributed by atoms with Gasteiger partial charge in [0.15, 0.2) is 23.0 Å². The summed E-state index contributed by atoms with van der Waals surface area (Å²) in [6.07, 6.45) is 1.71. The van der Waals surface area contributed by atoms with E-state index in [1.165, 1.54) is 20.3 Å². The topological polar surface area (TPSA) is 96.3 Å². The maximum Gasteiger partial charge on any atom is 0.162 e. The summed E-state index contributed by atoms with van der Waals surface area (Å²) in [4.78, 5) is 4.70. The number of methoxy groups -OCH3 is 4. The Bertz CT molecular complexity index is 1210. The van der Waals surface area contributed by atoms with Crippen LogP contribution >= 0.6 is 23.5 Å². The molecule has 3 aromatic rings. The van der Waals surface area contributed by atoms with Gasteiger partial charge >= 0.3 is 0 Å². The Labute approximate surface area is 200 Å². The highest BCUT2D eigenvalue weighted by Gasteiger charge is 2.25. The lowest BCUT2D eigenvalue weighted by atomic mass is 9.97. The van der Waals surface area contributed by atoms with Crippen LogP contribution in [-0.4, -0.2) is 50.1 Å². The first kappa shape index (κ1) is 23.4. The normalized spacial score (nSPS) is 13.2. The molecule has 174 valence electrons. The molecule has 1 N–H and O–H groups in total. The molecule has 0 saturated carbocycles. The number of anilines is 1. The third-order valence-electron chi connectivity index (χ3n) is 5.24. The number of fused-ring (bicyclic) bond motifs is 1. The van der Waals surface area contributed by atoms with Gasteiger partial charge in [0.2, 0.25) is 0 Å². The van der Waals surface area contributed by atoms with Crippen molar-refractivity contribution < 1.29 is 24.2 Å². The lowest BCUT2D eigenvalue weighted by Gasteiger charge is -2.27. The number of aromatic nitrogens is 1.